The number of amides is 4. The molecule has 4 N–H and O–H groups in total. The second kappa shape index (κ2) is 16.6. The molecule has 0 bridgehead atoms. The fourth-order valence-electron chi connectivity index (χ4n) is 4.02. The molecule has 10 heteroatoms. The summed E-state index contributed by atoms with van der Waals surface area (Å²) in [5.74, 6) is -1.87. The number of hydrogen-bond acceptors (Lipinski definition) is 4. The molecule has 228 valence electrons. The number of nitrogens with one attached hydrogen (secondary N) is 4. The lowest BCUT2D eigenvalue weighted by atomic mass is 10.1. The quantitative estimate of drug-likeness (QED) is 0.115. The molecule has 0 fully saturated rings. The van der Waals surface area contributed by atoms with Crippen LogP contribution >= 0.6 is 23.2 Å². The third kappa shape index (κ3) is 10.5. The number of carbonyl (C=O) groups is 4. The normalized spacial score (nSPS) is 11.3. The maximum absolute atomic E-state index is 13.1. The Bertz CT molecular complexity index is 1560. The van der Waals surface area contributed by atoms with E-state index in [0.717, 1.165) is 0 Å². The van der Waals surface area contributed by atoms with Gasteiger partial charge in [-0.3, -0.25) is 19.2 Å². The Morgan fingerprint density at radius 3 is 1.22 bits per heavy atom. The Balaban J connectivity index is 1.37. The van der Waals surface area contributed by atoms with Crippen molar-refractivity contribution in [3.05, 3.63) is 153 Å². The summed E-state index contributed by atoms with van der Waals surface area (Å²) in [7, 11) is 0. The maximum Gasteiger partial charge on any atom is 0.267 e. The largest absolute Gasteiger partial charge is 0.351 e. The monoisotopic (exact) mass is 640 g/mol. The lowest BCUT2D eigenvalue weighted by Gasteiger charge is -2.13. The van der Waals surface area contributed by atoms with Gasteiger partial charge in [0.1, 0.15) is 11.4 Å². The second-order valence-electron chi connectivity index (χ2n) is 9.72. The average molecular weight is 642 g/mol. The summed E-state index contributed by atoms with van der Waals surface area (Å²) >= 11 is 12.0. The SMILES string of the molecule is O=C(NCCCNC(=O)/C(=C\c1ccc(Cl)cc1)NC(=O)c1ccccc1)/C(=C\c1ccc(Cl)cc1)NC(=O)c1ccccc1. The van der Waals surface area contributed by atoms with E-state index in [2.05, 4.69) is 21.3 Å². The Morgan fingerprint density at radius 1 is 0.511 bits per heavy atom. The summed E-state index contributed by atoms with van der Waals surface area (Å²) in [6, 6.07) is 30.7. The molecular weight excluding hydrogens is 611 g/mol. The van der Waals surface area contributed by atoms with Gasteiger partial charge < -0.3 is 21.3 Å². The van der Waals surface area contributed by atoms with E-state index in [1.165, 1.54) is 0 Å². The summed E-state index contributed by atoms with van der Waals surface area (Å²) in [6.45, 7) is 0.399. The Labute approximate surface area is 271 Å². The van der Waals surface area contributed by atoms with Crippen LogP contribution in [0.1, 0.15) is 38.3 Å². The van der Waals surface area contributed by atoms with Crippen LogP contribution < -0.4 is 21.3 Å². The van der Waals surface area contributed by atoms with E-state index in [1.807, 2.05) is 0 Å². The summed E-state index contributed by atoms with van der Waals surface area (Å²) in [6.07, 6.45) is 3.48. The first-order chi connectivity index (χ1) is 21.8. The molecule has 0 atom stereocenters. The van der Waals surface area contributed by atoms with Gasteiger partial charge in [0.15, 0.2) is 0 Å². The third-order valence-electron chi connectivity index (χ3n) is 6.34. The smallest absolute Gasteiger partial charge is 0.267 e. The van der Waals surface area contributed by atoms with Gasteiger partial charge in [-0.15, -0.1) is 0 Å². The molecule has 4 aromatic carbocycles. The van der Waals surface area contributed by atoms with Crippen molar-refractivity contribution < 1.29 is 19.2 Å². The van der Waals surface area contributed by atoms with Gasteiger partial charge in [-0.2, -0.15) is 0 Å². The first kappa shape index (κ1) is 32.7. The van der Waals surface area contributed by atoms with Gasteiger partial charge in [0.25, 0.3) is 23.6 Å². The summed E-state index contributed by atoms with van der Waals surface area (Å²) in [5, 5.41) is 12.0. The van der Waals surface area contributed by atoms with Gasteiger partial charge in [0.2, 0.25) is 0 Å². The predicted octanol–water partition coefficient (Wildman–Crippen LogP) is 5.86. The second-order valence-corrected chi connectivity index (χ2v) is 10.6. The number of benzene rings is 4. The van der Waals surface area contributed by atoms with Gasteiger partial charge in [0.05, 0.1) is 0 Å². The highest BCUT2D eigenvalue weighted by Crippen LogP contribution is 2.14. The average Bonchev–Trinajstić information content (AvgIpc) is 3.06. The molecule has 0 heterocycles. The van der Waals surface area contributed by atoms with Crippen molar-refractivity contribution >= 4 is 59.0 Å². The van der Waals surface area contributed by atoms with Crippen molar-refractivity contribution in [2.24, 2.45) is 0 Å². The summed E-state index contributed by atoms with van der Waals surface area (Å²) in [4.78, 5) is 51.8. The van der Waals surface area contributed by atoms with Gasteiger partial charge in [-0.25, -0.2) is 0 Å². The number of halogens is 2. The molecular formula is C35H30Cl2N4O4. The molecule has 0 spiro atoms. The number of hydrogen-bond donors (Lipinski definition) is 4. The van der Waals surface area contributed by atoms with E-state index in [0.29, 0.717) is 38.7 Å². The van der Waals surface area contributed by atoms with Gasteiger partial charge in [-0.05, 0) is 78.2 Å². The van der Waals surface area contributed by atoms with Crippen molar-refractivity contribution in [2.75, 3.05) is 13.1 Å². The first-order valence-electron chi connectivity index (χ1n) is 14.0. The van der Waals surface area contributed by atoms with E-state index >= 15 is 0 Å². The molecule has 4 rings (SSSR count). The molecule has 0 aliphatic carbocycles. The van der Waals surface area contributed by atoms with Crippen LogP contribution in [-0.2, 0) is 9.59 Å². The van der Waals surface area contributed by atoms with Crippen LogP contribution in [0.4, 0.5) is 0 Å². The summed E-state index contributed by atoms with van der Waals surface area (Å²) < 4.78 is 0. The highest BCUT2D eigenvalue weighted by molar-refractivity contribution is 6.30. The molecule has 0 unspecified atom stereocenters. The Morgan fingerprint density at radius 2 is 0.867 bits per heavy atom. The van der Waals surface area contributed by atoms with E-state index in [-0.39, 0.29) is 24.5 Å². The highest BCUT2D eigenvalue weighted by atomic mass is 35.5. The Hall–Kier alpha value is -5.18. The standard InChI is InChI=1S/C35H30Cl2N4O4/c36-28-16-12-24(13-17-28)22-30(40-32(42)26-8-3-1-4-9-26)34(44)38-20-7-21-39-35(45)31(23-25-14-18-29(37)19-15-25)41-33(43)27-10-5-2-6-11-27/h1-6,8-19,22-23H,7,20-21H2,(H,38,44)(H,39,45)(H,40,42)(H,41,43)/b30-22+,31-23+. The minimum absolute atomic E-state index is 0.0482. The minimum atomic E-state index is -0.501. The van der Waals surface area contributed by atoms with E-state index in [9.17, 15) is 19.2 Å². The van der Waals surface area contributed by atoms with Crippen LogP contribution in [0.15, 0.2) is 121 Å². The molecule has 0 radical (unpaired) electrons. The van der Waals surface area contributed by atoms with Gasteiger partial charge >= 0.3 is 0 Å². The molecule has 0 aromatic heterocycles. The van der Waals surface area contributed by atoms with Crippen LogP contribution in [0.3, 0.4) is 0 Å². The Kier molecular flexibility index (Phi) is 12.1. The molecule has 4 amide bonds. The topological polar surface area (TPSA) is 116 Å². The molecule has 0 aliphatic rings. The van der Waals surface area contributed by atoms with Crippen molar-refractivity contribution in [2.45, 2.75) is 6.42 Å². The van der Waals surface area contributed by atoms with E-state index < -0.39 is 23.6 Å². The minimum Gasteiger partial charge on any atom is -0.351 e. The molecule has 0 saturated carbocycles. The maximum atomic E-state index is 13.1. The van der Waals surface area contributed by atoms with Crippen LogP contribution in [0, 0.1) is 0 Å². The third-order valence-corrected chi connectivity index (χ3v) is 6.85. The lowest BCUT2D eigenvalue weighted by molar-refractivity contribution is -0.118. The van der Waals surface area contributed by atoms with Crippen LogP contribution in [0.5, 0.6) is 0 Å². The zero-order chi connectivity index (χ0) is 32.0. The molecule has 0 saturated heterocycles. The van der Waals surface area contributed by atoms with Crippen LogP contribution in [0.2, 0.25) is 10.0 Å². The number of rotatable bonds is 12. The fourth-order valence-corrected chi connectivity index (χ4v) is 4.27. The molecule has 4 aromatic rings. The predicted molar refractivity (Wildman–Crippen MR) is 177 cm³/mol. The zero-order valence-corrected chi connectivity index (χ0v) is 25.6. The number of carbonyl (C=O) groups excluding carboxylic acids is 4. The van der Waals surface area contributed by atoms with Crippen molar-refractivity contribution in [1.82, 2.24) is 21.3 Å². The molecule has 0 aliphatic heterocycles. The van der Waals surface area contributed by atoms with Crippen molar-refractivity contribution in [3.63, 3.8) is 0 Å². The zero-order valence-electron chi connectivity index (χ0n) is 24.1. The highest BCUT2D eigenvalue weighted by Gasteiger charge is 2.16. The van der Waals surface area contributed by atoms with Crippen LogP contribution in [-0.4, -0.2) is 36.7 Å². The molecule has 45 heavy (non-hydrogen) atoms. The lowest BCUT2D eigenvalue weighted by Crippen LogP contribution is -2.38. The van der Waals surface area contributed by atoms with Gasteiger partial charge in [-0.1, -0.05) is 83.9 Å². The summed E-state index contributed by atoms with van der Waals surface area (Å²) in [5.41, 5.74) is 2.23. The van der Waals surface area contributed by atoms with E-state index in [1.54, 1.807) is 121 Å². The van der Waals surface area contributed by atoms with Gasteiger partial charge in [0, 0.05) is 34.3 Å². The fraction of sp³-hybridized carbons (Fsp3) is 0.0857. The van der Waals surface area contributed by atoms with Crippen LogP contribution in [0.25, 0.3) is 12.2 Å². The van der Waals surface area contributed by atoms with Crippen molar-refractivity contribution in [3.8, 4) is 0 Å². The van der Waals surface area contributed by atoms with E-state index in [4.69, 9.17) is 23.2 Å². The first-order valence-corrected chi connectivity index (χ1v) is 14.8. The molecule has 8 nitrogen and oxygen atoms in total. The van der Waals surface area contributed by atoms with Crippen molar-refractivity contribution in [1.29, 1.82) is 0 Å².